The molecule has 1 N–H and O–H groups in total. The number of carbonyl (C=O) groups excluding carboxylic acids is 2. The van der Waals surface area contributed by atoms with Gasteiger partial charge in [0.1, 0.15) is 22.2 Å². The van der Waals surface area contributed by atoms with Gasteiger partial charge in [-0.1, -0.05) is 35.9 Å². The molecule has 1 amide bonds. The first-order valence-electron chi connectivity index (χ1n) is 8.85. The first-order chi connectivity index (χ1) is 14.0. The molecule has 0 unspecified atom stereocenters. The zero-order chi connectivity index (χ0) is 20.8. The molecule has 0 fully saturated rings. The van der Waals surface area contributed by atoms with Gasteiger partial charge in [0.15, 0.2) is 0 Å². The van der Waals surface area contributed by atoms with Gasteiger partial charge in [0.25, 0.3) is 5.91 Å². The van der Waals surface area contributed by atoms with E-state index in [9.17, 15) is 14.9 Å². The number of nitrogens with zero attached hydrogens (tertiary/aromatic N) is 1. The molecule has 0 bridgehead atoms. The van der Waals surface area contributed by atoms with Gasteiger partial charge in [-0.2, -0.15) is 5.26 Å². The first kappa shape index (κ1) is 20.5. The third kappa shape index (κ3) is 4.80. The lowest BCUT2D eigenvalue weighted by Crippen LogP contribution is -2.16. The molecule has 29 heavy (non-hydrogen) atoms. The van der Waals surface area contributed by atoms with E-state index in [1.165, 1.54) is 28.7 Å². The van der Waals surface area contributed by atoms with Gasteiger partial charge in [-0.25, -0.2) is 4.79 Å². The third-order valence-electron chi connectivity index (χ3n) is 4.06. The Morgan fingerprint density at radius 1 is 1.21 bits per heavy atom. The number of thiophene rings is 2. The predicted molar refractivity (Wildman–Crippen MR) is 117 cm³/mol. The van der Waals surface area contributed by atoms with Gasteiger partial charge in [0.05, 0.1) is 6.61 Å². The summed E-state index contributed by atoms with van der Waals surface area (Å²) in [5.74, 6) is -1.08. The Morgan fingerprint density at radius 3 is 2.59 bits per heavy atom. The van der Waals surface area contributed by atoms with Crippen LogP contribution < -0.4 is 5.32 Å². The van der Waals surface area contributed by atoms with Gasteiger partial charge < -0.3 is 10.1 Å². The molecule has 2 aromatic heterocycles. The average molecular weight is 423 g/mol. The highest BCUT2D eigenvalue weighted by Gasteiger charge is 2.23. The van der Waals surface area contributed by atoms with Crippen LogP contribution in [0.1, 0.15) is 27.7 Å². The van der Waals surface area contributed by atoms with Crippen molar-refractivity contribution >= 4 is 45.6 Å². The number of carbonyl (C=O) groups is 2. The SMILES string of the molecule is CCOC(=O)c1c(-c2ccc(C)cc2)csc1NC(=O)/C(C#N)=C/c1cccs1. The van der Waals surface area contributed by atoms with E-state index < -0.39 is 11.9 Å². The Bertz CT molecular complexity index is 1090. The summed E-state index contributed by atoms with van der Waals surface area (Å²) < 4.78 is 5.20. The standard InChI is InChI=1S/C22H18N2O3S2/c1-3-27-22(26)19-18(15-8-6-14(2)7-9-15)13-29-21(19)24-20(25)16(12-23)11-17-5-4-10-28-17/h4-11,13H,3H2,1-2H3,(H,24,25)/b16-11+. The molecule has 1 aromatic carbocycles. The summed E-state index contributed by atoms with van der Waals surface area (Å²) in [5.41, 5.74) is 2.90. The average Bonchev–Trinajstić information content (AvgIpc) is 3.36. The lowest BCUT2D eigenvalue weighted by molar-refractivity contribution is -0.112. The monoisotopic (exact) mass is 422 g/mol. The summed E-state index contributed by atoms with van der Waals surface area (Å²) in [4.78, 5) is 26.1. The number of hydrogen-bond acceptors (Lipinski definition) is 6. The Labute approximate surface area is 176 Å². The smallest absolute Gasteiger partial charge is 0.341 e. The molecule has 0 aliphatic rings. The van der Waals surface area contributed by atoms with E-state index in [2.05, 4.69) is 5.32 Å². The quantitative estimate of drug-likeness (QED) is 0.323. The van der Waals surface area contributed by atoms with E-state index in [0.717, 1.165) is 16.0 Å². The topological polar surface area (TPSA) is 79.2 Å². The number of rotatable bonds is 6. The maximum atomic E-state index is 12.7. The van der Waals surface area contributed by atoms with E-state index in [0.29, 0.717) is 16.1 Å². The van der Waals surface area contributed by atoms with Crippen LogP contribution in [0.5, 0.6) is 0 Å². The van der Waals surface area contributed by atoms with E-state index in [-0.39, 0.29) is 12.2 Å². The number of anilines is 1. The van der Waals surface area contributed by atoms with Crippen LogP contribution >= 0.6 is 22.7 Å². The normalized spacial score (nSPS) is 11.0. The molecular weight excluding hydrogens is 404 g/mol. The lowest BCUT2D eigenvalue weighted by atomic mass is 10.0. The molecule has 0 spiro atoms. The first-order valence-corrected chi connectivity index (χ1v) is 10.6. The van der Waals surface area contributed by atoms with Gasteiger partial charge >= 0.3 is 5.97 Å². The fourth-order valence-electron chi connectivity index (χ4n) is 2.64. The molecule has 0 saturated heterocycles. The van der Waals surface area contributed by atoms with Gasteiger partial charge in [0, 0.05) is 15.8 Å². The highest BCUT2D eigenvalue weighted by Crippen LogP contribution is 2.36. The van der Waals surface area contributed by atoms with Gasteiger partial charge in [-0.15, -0.1) is 22.7 Å². The molecule has 146 valence electrons. The fraction of sp³-hybridized carbons (Fsp3) is 0.136. The molecule has 3 aromatic rings. The van der Waals surface area contributed by atoms with Crippen LogP contribution in [-0.4, -0.2) is 18.5 Å². The summed E-state index contributed by atoms with van der Waals surface area (Å²) in [7, 11) is 0. The molecule has 3 rings (SSSR count). The van der Waals surface area contributed by atoms with Gasteiger partial charge in [-0.05, 0) is 36.9 Å². The van der Waals surface area contributed by atoms with E-state index in [1.807, 2.05) is 60.2 Å². The molecular formula is C22H18N2O3S2. The Hall–Kier alpha value is -3.21. The number of esters is 1. The maximum absolute atomic E-state index is 12.7. The zero-order valence-electron chi connectivity index (χ0n) is 15.9. The summed E-state index contributed by atoms with van der Waals surface area (Å²) in [6, 6.07) is 13.3. The minimum atomic E-state index is -0.566. The summed E-state index contributed by atoms with van der Waals surface area (Å²) in [5, 5.41) is 16.1. The molecule has 0 saturated carbocycles. The Balaban J connectivity index is 1.96. The van der Waals surface area contributed by atoms with Crippen molar-refractivity contribution in [2.45, 2.75) is 13.8 Å². The van der Waals surface area contributed by atoms with Crippen molar-refractivity contribution in [3.05, 3.63) is 68.7 Å². The van der Waals surface area contributed by atoms with Crippen molar-refractivity contribution in [2.75, 3.05) is 11.9 Å². The minimum absolute atomic E-state index is 0.0347. The molecule has 0 atom stereocenters. The number of hydrogen-bond donors (Lipinski definition) is 1. The maximum Gasteiger partial charge on any atom is 0.341 e. The van der Waals surface area contributed by atoms with Crippen LogP contribution in [0.25, 0.3) is 17.2 Å². The highest BCUT2D eigenvalue weighted by molar-refractivity contribution is 7.15. The van der Waals surface area contributed by atoms with Gasteiger partial charge in [0.2, 0.25) is 0 Å². The Kier molecular flexibility index (Phi) is 6.60. The van der Waals surface area contributed by atoms with Crippen LogP contribution in [0.4, 0.5) is 5.00 Å². The molecule has 0 aliphatic heterocycles. The van der Waals surface area contributed by atoms with Crippen molar-refractivity contribution in [3.63, 3.8) is 0 Å². The van der Waals surface area contributed by atoms with Crippen molar-refractivity contribution in [3.8, 4) is 17.2 Å². The number of ether oxygens (including phenoxy) is 1. The number of aryl methyl sites for hydroxylation is 1. The van der Waals surface area contributed by atoms with Crippen LogP contribution in [0, 0.1) is 18.3 Å². The van der Waals surface area contributed by atoms with E-state index in [1.54, 1.807) is 6.92 Å². The molecule has 0 aliphatic carbocycles. The second-order valence-electron chi connectivity index (χ2n) is 6.08. The van der Waals surface area contributed by atoms with Crippen LogP contribution in [-0.2, 0) is 9.53 Å². The van der Waals surface area contributed by atoms with Crippen molar-refractivity contribution in [1.29, 1.82) is 5.26 Å². The molecule has 7 heteroatoms. The van der Waals surface area contributed by atoms with E-state index in [4.69, 9.17) is 4.74 Å². The van der Waals surface area contributed by atoms with Crippen molar-refractivity contribution < 1.29 is 14.3 Å². The number of nitrogens with one attached hydrogen (secondary N) is 1. The van der Waals surface area contributed by atoms with Crippen LogP contribution in [0.3, 0.4) is 0 Å². The second kappa shape index (κ2) is 9.32. The third-order valence-corrected chi connectivity index (χ3v) is 5.77. The molecule has 5 nitrogen and oxygen atoms in total. The van der Waals surface area contributed by atoms with E-state index >= 15 is 0 Å². The van der Waals surface area contributed by atoms with Gasteiger partial charge in [-0.3, -0.25) is 4.79 Å². The predicted octanol–water partition coefficient (Wildman–Crippen LogP) is 5.51. The van der Waals surface area contributed by atoms with Crippen molar-refractivity contribution in [1.82, 2.24) is 0 Å². The van der Waals surface area contributed by atoms with Crippen LogP contribution in [0.15, 0.2) is 52.7 Å². The number of amides is 1. The lowest BCUT2D eigenvalue weighted by Gasteiger charge is -2.09. The summed E-state index contributed by atoms with van der Waals surface area (Å²) in [6.07, 6.45) is 1.53. The second-order valence-corrected chi connectivity index (χ2v) is 7.94. The Morgan fingerprint density at radius 2 is 1.97 bits per heavy atom. The minimum Gasteiger partial charge on any atom is -0.462 e. The molecule has 0 radical (unpaired) electrons. The summed E-state index contributed by atoms with van der Waals surface area (Å²) >= 11 is 2.66. The highest BCUT2D eigenvalue weighted by atomic mass is 32.1. The van der Waals surface area contributed by atoms with Crippen LogP contribution in [0.2, 0.25) is 0 Å². The molecule has 2 heterocycles. The fourth-order valence-corrected chi connectivity index (χ4v) is 4.25. The number of nitriles is 1. The summed E-state index contributed by atoms with van der Waals surface area (Å²) in [6.45, 7) is 3.93. The number of benzene rings is 1. The zero-order valence-corrected chi connectivity index (χ0v) is 17.5. The largest absolute Gasteiger partial charge is 0.462 e. The van der Waals surface area contributed by atoms with Crippen molar-refractivity contribution in [2.24, 2.45) is 0 Å².